The van der Waals surface area contributed by atoms with Crippen molar-refractivity contribution < 1.29 is 9.90 Å². The summed E-state index contributed by atoms with van der Waals surface area (Å²) in [5.74, 6) is -0.0827. The second-order valence-electron chi connectivity index (χ2n) is 1.59. The van der Waals surface area contributed by atoms with Gasteiger partial charge >= 0.3 is 0 Å². The number of hydrogen-bond donors (Lipinski definition) is 1. The molecule has 1 N–H and O–H groups in total. The molecule has 0 spiro atoms. The van der Waals surface area contributed by atoms with Gasteiger partial charge in [0.2, 0.25) is 0 Å². The fourth-order valence-corrected chi connectivity index (χ4v) is 0.414. The van der Waals surface area contributed by atoms with E-state index >= 15 is 0 Å². The summed E-state index contributed by atoms with van der Waals surface area (Å²) < 4.78 is 0. The van der Waals surface area contributed by atoms with Crippen LogP contribution in [0.15, 0.2) is 0 Å². The molecule has 0 aliphatic rings. The summed E-state index contributed by atoms with van der Waals surface area (Å²) in [6.07, 6.45) is 0.358. The van der Waals surface area contributed by atoms with E-state index in [9.17, 15) is 4.79 Å². The van der Waals surface area contributed by atoms with Crippen molar-refractivity contribution in [1.29, 1.82) is 0 Å². The van der Waals surface area contributed by atoms with Crippen LogP contribution >= 0.6 is 11.6 Å². The molecular weight excluding hydrogens is 128 g/mol. The molecule has 0 aromatic heterocycles. The molecular formula is C5H9ClO2. The van der Waals surface area contributed by atoms with Crippen molar-refractivity contribution in [1.82, 2.24) is 0 Å². The number of carbonyl (C=O) groups excluding carboxylic acids is 1. The quantitative estimate of drug-likeness (QED) is 0.576. The lowest BCUT2D eigenvalue weighted by atomic mass is 10.2. The maximum atomic E-state index is 10.3. The summed E-state index contributed by atoms with van der Waals surface area (Å²) in [7, 11) is 0. The predicted octanol–water partition coefficient (Wildman–Crippen LogP) is 0.565. The third-order valence-corrected chi connectivity index (χ3v) is 1.35. The molecule has 8 heavy (non-hydrogen) atoms. The van der Waals surface area contributed by atoms with Gasteiger partial charge in [-0.2, -0.15) is 0 Å². The monoisotopic (exact) mass is 136 g/mol. The molecule has 0 bridgehead atoms. The van der Waals surface area contributed by atoms with Crippen LogP contribution in [0.5, 0.6) is 0 Å². The number of rotatable bonds is 3. The van der Waals surface area contributed by atoms with Crippen LogP contribution in [0.1, 0.15) is 13.3 Å². The standard InChI is InChI=1S/C5H9ClO2/c1-4(8)5(6)2-3-7/h5,7H,2-3H2,1H3/t5-/m1/s1. The summed E-state index contributed by atoms with van der Waals surface area (Å²) in [5.41, 5.74) is 0. The number of aliphatic hydroxyl groups excluding tert-OH is 1. The molecule has 0 aromatic rings. The molecule has 0 saturated carbocycles. The molecule has 2 nitrogen and oxygen atoms in total. The van der Waals surface area contributed by atoms with Crippen molar-refractivity contribution in [2.45, 2.75) is 18.7 Å². The molecule has 0 heterocycles. The van der Waals surface area contributed by atoms with E-state index in [0.29, 0.717) is 6.42 Å². The number of Topliss-reactive ketones (excluding diaryl/α,β-unsaturated/α-hetero) is 1. The Labute approximate surface area is 53.5 Å². The van der Waals surface area contributed by atoms with Gasteiger partial charge in [0.25, 0.3) is 0 Å². The zero-order valence-corrected chi connectivity index (χ0v) is 5.48. The van der Waals surface area contributed by atoms with Crippen molar-refractivity contribution in [3.05, 3.63) is 0 Å². The largest absolute Gasteiger partial charge is 0.396 e. The van der Waals surface area contributed by atoms with Crippen molar-refractivity contribution in [2.24, 2.45) is 0 Å². The van der Waals surface area contributed by atoms with Gasteiger partial charge in [-0.15, -0.1) is 11.6 Å². The average molecular weight is 137 g/mol. The van der Waals surface area contributed by atoms with E-state index in [0.717, 1.165) is 0 Å². The van der Waals surface area contributed by atoms with Crippen molar-refractivity contribution in [2.75, 3.05) is 6.61 Å². The number of aliphatic hydroxyl groups is 1. The van der Waals surface area contributed by atoms with Crippen LogP contribution < -0.4 is 0 Å². The van der Waals surface area contributed by atoms with E-state index in [-0.39, 0.29) is 12.4 Å². The van der Waals surface area contributed by atoms with Crippen molar-refractivity contribution >= 4 is 17.4 Å². The summed E-state index contributed by atoms with van der Waals surface area (Å²) in [6.45, 7) is 1.39. The normalized spacial score (nSPS) is 13.4. The Morgan fingerprint density at radius 1 is 1.88 bits per heavy atom. The van der Waals surface area contributed by atoms with Crippen LogP contribution in [0, 0.1) is 0 Å². The average Bonchev–Trinajstić information content (AvgIpc) is 1.67. The van der Waals surface area contributed by atoms with E-state index in [1.54, 1.807) is 0 Å². The van der Waals surface area contributed by atoms with E-state index in [4.69, 9.17) is 16.7 Å². The van der Waals surface area contributed by atoms with Gasteiger partial charge in [-0.1, -0.05) is 0 Å². The van der Waals surface area contributed by atoms with Gasteiger partial charge in [0.15, 0.2) is 0 Å². The van der Waals surface area contributed by atoms with Crippen LogP contribution in [0.25, 0.3) is 0 Å². The molecule has 0 unspecified atom stereocenters. The van der Waals surface area contributed by atoms with E-state index in [2.05, 4.69) is 0 Å². The van der Waals surface area contributed by atoms with Gasteiger partial charge in [0.05, 0.1) is 5.38 Å². The second kappa shape index (κ2) is 3.87. The zero-order chi connectivity index (χ0) is 6.57. The fourth-order valence-electron chi connectivity index (χ4n) is 0.317. The van der Waals surface area contributed by atoms with Gasteiger partial charge in [0, 0.05) is 6.61 Å². The van der Waals surface area contributed by atoms with Gasteiger partial charge in [-0.05, 0) is 13.3 Å². The topological polar surface area (TPSA) is 37.3 Å². The summed E-state index contributed by atoms with van der Waals surface area (Å²) in [5, 5.41) is 7.75. The first-order valence-electron chi connectivity index (χ1n) is 2.44. The maximum absolute atomic E-state index is 10.3. The molecule has 48 valence electrons. The zero-order valence-electron chi connectivity index (χ0n) is 4.72. The smallest absolute Gasteiger partial charge is 0.147 e. The fraction of sp³-hybridized carbons (Fsp3) is 0.800. The third-order valence-electron chi connectivity index (χ3n) is 0.824. The SMILES string of the molecule is CC(=O)[C@H](Cl)CCO. The Bertz CT molecular complexity index is 82.5. The molecule has 0 aliphatic carbocycles. The van der Waals surface area contributed by atoms with Gasteiger partial charge in [0.1, 0.15) is 5.78 Å². The molecule has 0 radical (unpaired) electrons. The number of hydrogen-bond acceptors (Lipinski definition) is 2. The molecule has 0 fully saturated rings. The van der Waals surface area contributed by atoms with E-state index < -0.39 is 5.38 Å². The summed E-state index contributed by atoms with van der Waals surface area (Å²) >= 11 is 5.41. The highest BCUT2D eigenvalue weighted by Crippen LogP contribution is 2.00. The maximum Gasteiger partial charge on any atom is 0.147 e. The number of alkyl halides is 1. The van der Waals surface area contributed by atoms with Gasteiger partial charge in [-0.25, -0.2) is 0 Å². The first kappa shape index (κ1) is 7.92. The third kappa shape index (κ3) is 2.99. The molecule has 0 rings (SSSR count). The van der Waals surface area contributed by atoms with Gasteiger partial charge < -0.3 is 5.11 Å². The highest BCUT2D eigenvalue weighted by Gasteiger charge is 2.07. The highest BCUT2D eigenvalue weighted by molar-refractivity contribution is 6.30. The molecule has 1 atom stereocenters. The predicted molar refractivity (Wildman–Crippen MR) is 32.0 cm³/mol. The van der Waals surface area contributed by atoms with Crippen LogP contribution in [0.3, 0.4) is 0 Å². The van der Waals surface area contributed by atoms with Crippen LogP contribution in [-0.2, 0) is 4.79 Å². The molecule has 3 heteroatoms. The lowest BCUT2D eigenvalue weighted by molar-refractivity contribution is -0.116. The highest BCUT2D eigenvalue weighted by atomic mass is 35.5. The molecule has 0 aliphatic heterocycles. The van der Waals surface area contributed by atoms with E-state index in [1.807, 2.05) is 0 Å². The minimum Gasteiger partial charge on any atom is -0.396 e. The van der Waals surface area contributed by atoms with Gasteiger partial charge in [-0.3, -0.25) is 4.79 Å². The lowest BCUT2D eigenvalue weighted by Gasteiger charge is -1.98. The molecule has 0 aromatic carbocycles. The van der Waals surface area contributed by atoms with Crippen LogP contribution in [0.2, 0.25) is 0 Å². The Morgan fingerprint density at radius 2 is 2.38 bits per heavy atom. The minimum absolute atomic E-state index is 0.0201. The van der Waals surface area contributed by atoms with Crippen LogP contribution in [-0.4, -0.2) is 22.9 Å². The Balaban J connectivity index is 3.32. The first-order valence-corrected chi connectivity index (χ1v) is 2.87. The van der Waals surface area contributed by atoms with Crippen LogP contribution in [0.4, 0.5) is 0 Å². The second-order valence-corrected chi connectivity index (χ2v) is 2.12. The summed E-state index contributed by atoms with van der Waals surface area (Å²) in [4.78, 5) is 10.3. The van der Waals surface area contributed by atoms with Crippen molar-refractivity contribution in [3.63, 3.8) is 0 Å². The summed E-state index contributed by atoms with van der Waals surface area (Å²) in [6, 6.07) is 0. The Kier molecular flexibility index (Phi) is 3.83. The Hall–Kier alpha value is -0.0800. The molecule has 0 saturated heterocycles. The number of halogens is 1. The van der Waals surface area contributed by atoms with Crippen molar-refractivity contribution in [3.8, 4) is 0 Å². The molecule has 0 amide bonds. The lowest BCUT2D eigenvalue weighted by Crippen LogP contribution is -2.11. The minimum atomic E-state index is -0.500. The Morgan fingerprint density at radius 3 is 2.50 bits per heavy atom. The number of ketones is 1. The van der Waals surface area contributed by atoms with E-state index in [1.165, 1.54) is 6.92 Å². The number of carbonyl (C=O) groups is 1. The first-order chi connectivity index (χ1) is 3.68.